The molecule has 0 aliphatic carbocycles. The van der Waals surface area contributed by atoms with E-state index < -0.39 is 0 Å². The molecule has 0 saturated heterocycles. The second-order valence-corrected chi connectivity index (χ2v) is 5.46. The summed E-state index contributed by atoms with van der Waals surface area (Å²) in [6, 6.07) is 12.8. The largest absolute Gasteiger partial charge is 0.330 e. The van der Waals surface area contributed by atoms with E-state index in [1.807, 2.05) is 44.2 Å². The van der Waals surface area contributed by atoms with Crippen LogP contribution in [0.2, 0.25) is 0 Å². The maximum atomic E-state index is 12.4. The molecule has 0 saturated carbocycles. The summed E-state index contributed by atoms with van der Waals surface area (Å²) in [7, 11) is 0. The van der Waals surface area contributed by atoms with Gasteiger partial charge in [0.1, 0.15) is 0 Å². The molecule has 4 N–H and O–H groups in total. The van der Waals surface area contributed by atoms with Crippen LogP contribution in [0.4, 0.5) is 11.4 Å². The van der Waals surface area contributed by atoms with E-state index in [9.17, 15) is 9.59 Å². The molecule has 0 radical (unpaired) electrons. The number of hydrogen-bond donors (Lipinski definition) is 3. The molecule has 0 unspecified atom stereocenters. The zero-order valence-electron chi connectivity index (χ0n) is 13.3. The summed E-state index contributed by atoms with van der Waals surface area (Å²) >= 11 is 0. The van der Waals surface area contributed by atoms with E-state index in [1.54, 1.807) is 12.1 Å². The highest BCUT2D eigenvalue weighted by atomic mass is 16.2. The van der Waals surface area contributed by atoms with E-state index >= 15 is 0 Å². The normalized spacial score (nSPS) is 10.2. The summed E-state index contributed by atoms with van der Waals surface area (Å²) < 4.78 is 0. The highest BCUT2D eigenvalue weighted by Gasteiger charge is 2.11. The van der Waals surface area contributed by atoms with Crippen molar-refractivity contribution in [1.82, 2.24) is 0 Å². The van der Waals surface area contributed by atoms with Gasteiger partial charge < -0.3 is 16.4 Å². The number of benzene rings is 2. The molecule has 2 aromatic rings. The van der Waals surface area contributed by atoms with Crippen LogP contribution in [0.1, 0.15) is 27.9 Å². The Morgan fingerprint density at radius 2 is 1.70 bits per heavy atom. The van der Waals surface area contributed by atoms with Gasteiger partial charge in [-0.1, -0.05) is 23.8 Å². The van der Waals surface area contributed by atoms with E-state index in [0.717, 1.165) is 11.1 Å². The number of nitrogens with one attached hydrogen (secondary N) is 2. The van der Waals surface area contributed by atoms with Crippen molar-refractivity contribution in [2.45, 2.75) is 20.3 Å². The third-order valence-electron chi connectivity index (χ3n) is 3.35. The molecular formula is C18H21N3O2. The first-order valence-corrected chi connectivity index (χ1v) is 7.48. The molecule has 0 spiro atoms. The number of aryl methyl sites for hydroxylation is 2. The molecule has 0 fully saturated rings. The number of rotatable bonds is 5. The van der Waals surface area contributed by atoms with Gasteiger partial charge in [0.15, 0.2) is 0 Å². The minimum absolute atomic E-state index is 0.177. The molecule has 0 atom stereocenters. The van der Waals surface area contributed by atoms with Crippen molar-refractivity contribution < 1.29 is 9.59 Å². The summed E-state index contributed by atoms with van der Waals surface area (Å²) in [5.74, 6) is -0.393. The van der Waals surface area contributed by atoms with Gasteiger partial charge in [-0.25, -0.2) is 0 Å². The average molecular weight is 311 g/mol. The molecule has 2 rings (SSSR count). The number of hydrogen-bond acceptors (Lipinski definition) is 3. The van der Waals surface area contributed by atoms with Crippen LogP contribution in [0.5, 0.6) is 0 Å². The molecule has 0 aromatic heterocycles. The van der Waals surface area contributed by atoms with Crippen LogP contribution in [0, 0.1) is 13.8 Å². The third kappa shape index (κ3) is 4.66. The van der Waals surface area contributed by atoms with E-state index in [2.05, 4.69) is 10.6 Å². The number of nitrogens with two attached hydrogens (primary N) is 1. The predicted octanol–water partition coefficient (Wildman–Crippen LogP) is 2.84. The highest BCUT2D eigenvalue weighted by Crippen LogP contribution is 2.24. The molecule has 0 aliphatic heterocycles. The second-order valence-electron chi connectivity index (χ2n) is 5.46. The summed E-state index contributed by atoms with van der Waals surface area (Å²) in [5.41, 5.74) is 9.10. The molecular weight excluding hydrogens is 290 g/mol. The Hall–Kier alpha value is -2.66. The fraction of sp³-hybridized carbons (Fsp3) is 0.222. The topological polar surface area (TPSA) is 84.2 Å². The maximum absolute atomic E-state index is 12.4. The van der Waals surface area contributed by atoms with E-state index in [1.165, 1.54) is 0 Å². The van der Waals surface area contributed by atoms with Crippen LogP contribution >= 0.6 is 0 Å². The lowest BCUT2D eigenvalue weighted by molar-refractivity contribution is -0.116. The third-order valence-corrected chi connectivity index (χ3v) is 3.35. The van der Waals surface area contributed by atoms with Crippen LogP contribution in [-0.2, 0) is 4.79 Å². The summed E-state index contributed by atoms with van der Waals surface area (Å²) in [4.78, 5) is 24.1. The smallest absolute Gasteiger partial charge is 0.255 e. The minimum Gasteiger partial charge on any atom is -0.330 e. The predicted molar refractivity (Wildman–Crippen MR) is 92.6 cm³/mol. The van der Waals surface area contributed by atoms with Crippen molar-refractivity contribution in [3.63, 3.8) is 0 Å². The maximum Gasteiger partial charge on any atom is 0.255 e. The van der Waals surface area contributed by atoms with Gasteiger partial charge in [0.2, 0.25) is 5.91 Å². The first-order chi connectivity index (χ1) is 11.0. The fourth-order valence-corrected chi connectivity index (χ4v) is 2.20. The zero-order chi connectivity index (χ0) is 16.8. The minimum atomic E-state index is -0.216. The van der Waals surface area contributed by atoms with Crippen LogP contribution in [-0.4, -0.2) is 18.4 Å². The van der Waals surface area contributed by atoms with E-state index in [0.29, 0.717) is 16.9 Å². The van der Waals surface area contributed by atoms with Gasteiger partial charge in [-0.3, -0.25) is 9.59 Å². The standard InChI is InChI=1S/C18H21N3O2/c1-12-4-3-5-14(10-12)18(23)21-15-7-6-13(2)11-16(15)20-17(22)8-9-19/h3-7,10-11H,8-9,19H2,1-2H3,(H,20,22)(H,21,23). The highest BCUT2D eigenvalue weighted by molar-refractivity contribution is 6.07. The van der Waals surface area contributed by atoms with Crippen molar-refractivity contribution in [2.24, 2.45) is 5.73 Å². The quantitative estimate of drug-likeness (QED) is 0.794. The van der Waals surface area contributed by atoms with Gasteiger partial charge in [-0.15, -0.1) is 0 Å². The summed E-state index contributed by atoms with van der Waals surface area (Å²) in [6.45, 7) is 4.13. The van der Waals surface area contributed by atoms with Crippen molar-refractivity contribution in [3.05, 3.63) is 59.2 Å². The van der Waals surface area contributed by atoms with Crippen LogP contribution in [0.3, 0.4) is 0 Å². The van der Waals surface area contributed by atoms with Gasteiger partial charge in [-0.2, -0.15) is 0 Å². The van der Waals surface area contributed by atoms with E-state index in [4.69, 9.17) is 5.73 Å². The SMILES string of the molecule is Cc1cccc(C(=O)Nc2ccc(C)cc2NC(=O)CCN)c1. The Morgan fingerprint density at radius 1 is 0.957 bits per heavy atom. The Morgan fingerprint density at radius 3 is 2.39 bits per heavy atom. The van der Waals surface area contributed by atoms with Gasteiger partial charge in [0.05, 0.1) is 11.4 Å². The van der Waals surface area contributed by atoms with Crippen molar-refractivity contribution in [3.8, 4) is 0 Å². The van der Waals surface area contributed by atoms with Crippen molar-refractivity contribution >= 4 is 23.2 Å². The molecule has 0 aliphatic rings. The van der Waals surface area contributed by atoms with Gasteiger partial charge in [0, 0.05) is 18.5 Å². The first-order valence-electron chi connectivity index (χ1n) is 7.48. The molecule has 2 aromatic carbocycles. The monoisotopic (exact) mass is 311 g/mol. The lowest BCUT2D eigenvalue weighted by Gasteiger charge is -2.13. The van der Waals surface area contributed by atoms with Crippen LogP contribution in [0.15, 0.2) is 42.5 Å². The summed E-state index contributed by atoms with van der Waals surface area (Å²) in [6.07, 6.45) is 0.235. The number of carbonyl (C=O) groups is 2. The molecule has 120 valence electrons. The fourth-order valence-electron chi connectivity index (χ4n) is 2.20. The lowest BCUT2D eigenvalue weighted by atomic mass is 10.1. The van der Waals surface area contributed by atoms with Crippen LogP contribution in [0.25, 0.3) is 0 Å². The van der Waals surface area contributed by atoms with Crippen molar-refractivity contribution in [1.29, 1.82) is 0 Å². The molecule has 5 heteroatoms. The average Bonchev–Trinajstić information content (AvgIpc) is 2.50. The van der Waals surface area contributed by atoms with Crippen molar-refractivity contribution in [2.75, 3.05) is 17.2 Å². The Kier molecular flexibility index (Phi) is 5.49. The van der Waals surface area contributed by atoms with Crippen LogP contribution < -0.4 is 16.4 Å². The molecule has 23 heavy (non-hydrogen) atoms. The first kappa shape index (κ1) is 16.7. The lowest BCUT2D eigenvalue weighted by Crippen LogP contribution is -2.19. The van der Waals surface area contributed by atoms with Gasteiger partial charge in [-0.05, 0) is 43.7 Å². The Balaban J connectivity index is 2.22. The number of carbonyl (C=O) groups excluding carboxylic acids is 2. The van der Waals surface area contributed by atoms with E-state index in [-0.39, 0.29) is 24.8 Å². The zero-order valence-corrected chi connectivity index (χ0v) is 13.3. The van der Waals surface area contributed by atoms with Gasteiger partial charge in [0.25, 0.3) is 5.91 Å². The molecule has 0 bridgehead atoms. The Labute approximate surface area is 135 Å². The number of amides is 2. The summed E-state index contributed by atoms with van der Waals surface area (Å²) in [5, 5.41) is 5.63. The molecule has 2 amide bonds. The molecule has 0 heterocycles. The molecule has 5 nitrogen and oxygen atoms in total. The second kappa shape index (κ2) is 7.56. The van der Waals surface area contributed by atoms with Gasteiger partial charge >= 0.3 is 0 Å². The Bertz CT molecular complexity index is 726. The number of anilines is 2.